The molecule has 0 amide bonds. The van der Waals surface area contributed by atoms with Crippen LogP contribution in [0.15, 0.2) is 11.6 Å². The van der Waals surface area contributed by atoms with E-state index in [1.165, 1.54) is 0 Å². The summed E-state index contributed by atoms with van der Waals surface area (Å²) >= 11 is 1.58. The lowest BCUT2D eigenvalue weighted by atomic mass is 10.5. The first-order chi connectivity index (χ1) is 4.88. The van der Waals surface area contributed by atoms with Crippen LogP contribution in [0.5, 0.6) is 0 Å². The van der Waals surface area contributed by atoms with Crippen molar-refractivity contribution < 1.29 is 4.68 Å². The monoisotopic (exact) mass is 154 g/mol. The van der Waals surface area contributed by atoms with Gasteiger partial charge in [-0.25, -0.2) is 0 Å². The molecule has 52 valence electrons. The number of aromatic nitrogens is 1. The largest absolute Gasteiger partial charge is 0.280 e. The lowest BCUT2D eigenvalue weighted by Crippen LogP contribution is -2.43. The normalized spacial score (nSPS) is 8.80. The van der Waals surface area contributed by atoms with E-state index in [9.17, 15) is 0 Å². The smallest absolute Gasteiger partial charge is 0.198 e. The highest BCUT2D eigenvalue weighted by Crippen LogP contribution is 2.00. The number of nitrogens with one attached hydrogen (secondary N) is 1. The van der Waals surface area contributed by atoms with Crippen LogP contribution < -0.4 is 10.1 Å². The minimum absolute atomic E-state index is 0.471. The average molecular weight is 154 g/mol. The van der Waals surface area contributed by atoms with Crippen molar-refractivity contribution in [3.63, 3.8) is 0 Å². The standard InChI is InChI=1S/C6H8N3S/c1-8-9-4-5-10-6(9)2-3-7/h4-5,8H,2H2,1H3/q+1. The predicted octanol–water partition coefficient (Wildman–Crippen LogP) is 0.275. The van der Waals surface area contributed by atoms with Gasteiger partial charge >= 0.3 is 0 Å². The van der Waals surface area contributed by atoms with Crippen LogP contribution in [0.1, 0.15) is 5.01 Å². The van der Waals surface area contributed by atoms with Gasteiger partial charge in [0.2, 0.25) is 6.20 Å². The van der Waals surface area contributed by atoms with Crippen LogP contribution in [0.2, 0.25) is 0 Å². The Kier molecular flexibility index (Phi) is 2.24. The Morgan fingerprint density at radius 1 is 1.90 bits per heavy atom. The maximum Gasteiger partial charge on any atom is 0.280 e. The third-order valence-corrected chi connectivity index (χ3v) is 2.02. The van der Waals surface area contributed by atoms with Crippen molar-refractivity contribution in [2.45, 2.75) is 6.42 Å². The van der Waals surface area contributed by atoms with Crippen molar-refractivity contribution in [1.29, 1.82) is 5.26 Å². The first-order valence-electron chi connectivity index (χ1n) is 2.91. The van der Waals surface area contributed by atoms with Crippen molar-refractivity contribution in [3.05, 3.63) is 16.6 Å². The van der Waals surface area contributed by atoms with Gasteiger partial charge in [0.25, 0.3) is 5.01 Å². The Labute approximate surface area is 63.5 Å². The second-order valence-electron chi connectivity index (χ2n) is 1.73. The van der Waals surface area contributed by atoms with Gasteiger partial charge in [-0.1, -0.05) is 16.0 Å². The maximum atomic E-state index is 8.37. The fraction of sp³-hybridized carbons (Fsp3) is 0.333. The Morgan fingerprint density at radius 3 is 3.30 bits per heavy atom. The van der Waals surface area contributed by atoms with Gasteiger partial charge in [-0.15, -0.1) is 0 Å². The molecule has 0 spiro atoms. The third kappa shape index (κ3) is 1.25. The zero-order valence-electron chi connectivity index (χ0n) is 5.66. The highest BCUT2D eigenvalue weighted by molar-refractivity contribution is 7.09. The van der Waals surface area contributed by atoms with E-state index in [1.54, 1.807) is 11.3 Å². The van der Waals surface area contributed by atoms with Gasteiger partial charge in [0.05, 0.1) is 18.5 Å². The molecule has 0 bridgehead atoms. The van der Waals surface area contributed by atoms with Crippen molar-refractivity contribution >= 4 is 11.3 Å². The third-order valence-electron chi connectivity index (χ3n) is 1.15. The van der Waals surface area contributed by atoms with Crippen molar-refractivity contribution in [3.8, 4) is 6.07 Å². The number of hydrogen-bond acceptors (Lipinski definition) is 3. The van der Waals surface area contributed by atoms with E-state index in [0.29, 0.717) is 6.42 Å². The molecule has 0 unspecified atom stereocenters. The van der Waals surface area contributed by atoms with Crippen LogP contribution in [0.4, 0.5) is 0 Å². The molecule has 0 fully saturated rings. The first-order valence-corrected chi connectivity index (χ1v) is 3.79. The zero-order chi connectivity index (χ0) is 7.40. The second kappa shape index (κ2) is 3.18. The van der Waals surface area contributed by atoms with Crippen molar-refractivity contribution in [2.24, 2.45) is 0 Å². The Balaban J connectivity index is 2.82. The van der Waals surface area contributed by atoms with Gasteiger partial charge in [-0.2, -0.15) is 10.7 Å². The molecule has 0 aromatic carbocycles. The number of thiazole rings is 1. The van der Waals surface area contributed by atoms with Gasteiger partial charge in [0, 0.05) is 0 Å². The molecule has 10 heavy (non-hydrogen) atoms. The summed E-state index contributed by atoms with van der Waals surface area (Å²) in [5, 5.41) is 11.4. The lowest BCUT2D eigenvalue weighted by Gasteiger charge is -1.87. The van der Waals surface area contributed by atoms with E-state index in [-0.39, 0.29) is 0 Å². The Hall–Kier alpha value is -1.08. The van der Waals surface area contributed by atoms with Gasteiger partial charge in [0.1, 0.15) is 6.42 Å². The number of nitriles is 1. The second-order valence-corrected chi connectivity index (χ2v) is 2.70. The summed E-state index contributed by atoms with van der Waals surface area (Å²) in [7, 11) is 1.83. The van der Waals surface area contributed by atoms with E-state index < -0.39 is 0 Å². The molecule has 1 heterocycles. The number of hydrogen-bond donors (Lipinski definition) is 1. The summed E-state index contributed by atoms with van der Waals surface area (Å²) < 4.78 is 1.84. The molecular weight excluding hydrogens is 146 g/mol. The molecular formula is C6H8N3S+. The predicted molar refractivity (Wildman–Crippen MR) is 39.1 cm³/mol. The van der Waals surface area contributed by atoms with Crippen LogP contribution in [0.3, 0.4) is 0 Å². The molecule has 3 nitrogen and oxygen atoms in total. The zero-order valence-corrected chi connectivity index (χ0v) is 6.48. The van der Waals surface area contributed by atoms with Crippen LogP contribution in [0.25, 0.3) is 0 Å². The molecule has 1 N–H and O–H groups in total. The van der Waals surface area contributed by atoms with E-state index >= 15 is 0 Å². The summed E-state index contributed by atoms with van der Waals surface area (Å²) in [5.74, 6) is 0. The van der Waals surface area contributed by atoms with Gasteiger partial charge < -0.3 is 0 Å². The van der Waals surface area contributed by atoms with E-state index in [2.05, 4.69) is 11.5 Å². The molecule has 0 aliphatic heterocycles. The molecule has 0 aliphatic rings. The molecule has 0 aliphatic carbocycles. The average Bonchev–Trinajstić information content (AvgIpc) is 2.36. The SMILES string of the molecule is CN[n+]1ccsc1CC#N. The van der Waals surface area contributed by atoms with Crippen LogP contribution in [0, 0.1) is 11.3 Å². The Morgan fingerprint density at radius 2 is 2.70 bits per heavy atom. The van der Waals surface area contributed by atoms with Gasteiger partial charge in [0.15, 0.2) is 0 Å². The summed E-state index contributed by atoms with van der Waals surface area (Å²) in [5.41, 5.74) is 2.94. The number of rotatable bonds is 2. The Bertz CT molecular complexity index is 248. The highest BCUT2D eigenvalue weighted by atomic mass is 32.1. The highest BCUT2D eigenvalue weighted by Gasteiger charge is 2.08. The van der Waals surface area contributed by atoms with Crippen molar-refractivity contribution in [2.75, 3.05) is 12.5 Å². The molecule has 0 saturated heterocycles. The summed E-state index contributed by atoms with van der Waals surface area (Å²) in [4.78, 5) is 0. The molecule has 0 atom stereocenters. The fourth-order valence-electron chi connectivity index (χ4n) is 0.703. The molecule has 4 heteroatoms. The van der Waals surface area contributed by atoms with Gasteiger partial charge in [-0.3, -0.25) is 0 Å². The minimum atomic E-state index is 0.471. The lowest BCUT2D eigenvalue weighted by molar-refractivity contribution is -0.649. The summed E-state index contributed by atoms with van der Waals surface area (Å²) in [6.07, 6.45) is 2.37. The summed E-state index contributed by atoms with van der Waals surface area (Å²) in [6.45, 7) is 0. The molecule has 0 radical (unpaired) electrons. The fourth-order valence-corrected chi connectivity index (χ4v) is 1.46. The van der Waals surface area contributed by atoms with Crippen LogP contribution in [-0.4, -0.2) is 7.05 Å². The first kappa shape index (κ1) is 7.03. The minimum Gasteiger partial charge on any atom is -0.198 e. The quantitative estimate of drug-likeness (QED) is 0.621. The van der Waals surface area contributed by atoms with Crippen LogP contribution in [-0.2, 0) is 6.42 Å². The van der Waals surface area contributed by atoms with E-state index in [1.807, 2.05) is 23.3 Å². The molecule has 1 rings (SSSR count). The van der Waals surface area contributed by atoms with Crippen molar-refractivity contribution in [1.82, 2.24) is 0 Å². The molecule has 1 aromatic heterocycles. The number of nitrogens with zero attached hydrogens (tertiary/aromatic N) is 2. The van der Waals surface area contributed by atoms with Crippen LogP contribution >= 0.6 is 11.3 Å². The molecule has 1 aromatic rings. The van der Waals surface area contributed by atoms with Gasteiger partial charge in [-0.05, 0) is 0 Å². The molecule has 0 saturated carbocycles. The maximum absolute atomic E-state index is 8.37. The summed E-state index contributed by atoms with van der Waals surface area (Å²) in [6, 6.07) is 2.09. The van der Waals surface area contributed by atoms with E-state index in [0.717, 1.165) is 5.01 Å². The van der Waals surface area contributed by atoms with E-state index in [4.69, 9.17) is 5.26 Å². The topological polar surface area (TPSA) is 39.7 Å².